The molecule has 2 atom stereocenters. The van der Waals surface area contributed by atoms with E-state index < -0.39 is 30.9 Å². The number of primary amides is 1. The van der Waals surface area contributed by atoms with Crippen LogP contribution in [0.25, 0.3) is 22.2 Å². The second kappa shape index (κ2) is 8.05. The Balaban J connectivity index is 1.80. The number of halogens is 3. The number of nitrogens with zero attached hydrogens (tertiary/aromatic N) is 2. The Morgan fingerprint density at radius 1 is 1.31 bits per heavy atom. The van der Waals surface area contributed by atoms with Crippen LogP contribution >= 0.6 is 0 Å². The zero-order valence-corrected chi connectivity index (χ0v) is 15.3. The molecule has 1 amide bonds. The van der Waals surface area contributed by atoms with Crippen molar-refractivity contribution in [1.82, 2.24) is 20.3 Å². The van der Waals surface area contributed by atoms with E-state index in [1.165, 1.54) is 19.3 Å². The monoisotopic (exact) mass is 408 g/mol. The number of aliphatic hydroxyl groups is 1. The van der Waals surface area contributed by atoms with E-state index in [1.807, 2.05) is 5.32 Å². The number of fused-ring (bicyclic) bond motifs is 1. The van der Waals surface area contributed by atoms with Crippen LogP contribution in [0.4, 0.5) is 18.9 Å². The molecular formula is C18H19F3N6O2. The molecule has 0 fully saturated rings. The minimum atomic E-state index is -4.42. The van der Waals surface area contributed by atoms with Crippen LogP contribution in [-0.4, -0.2) is 51.0 Å². The van der Waals surface area contributed by atoms with Crippen LogP contribution in [-0.2, 0) is 0 Å². The molecule has 1 unspecified atom stereocenters. The van der Waals surface area contributed by atoms with Gasteiger partial charge in [0.1, 0.15) is 11.9 Å². The fourth-order valence-corrected chi connectivity index (χ4v) is 2.78. The zero-order valence-electron chi connectivity index (χ0n) is 15.3. The highest BCUT2D eigenvalue weighted by molar-refractivity contribution is 6.00. The number of aromatic amines is 1. The summed E-state index contributed by atoms with van der Waals surface area (Å²) >= 11 is 0. The molecule has 154 valence electrons. The van der Waals surface area contributed by atoms with Gasteiger partial charge in [-0.3, -0.25) is 15.1 Å². The third kappa shape index (κ3) is 5.00. The molecule has 0 aliphatic heterocycles. The van der Waals surface area contributed by atoms with Crippen molar-refractivity contribution < 1.29 is 23.1 Å². The van der Waals surface area contributed by atoms with Crippen molar-refractivity contribution in [3.05, 3.63) is 42.5 Å². The van der Waals surface area contributed by atoms with Gasteiger partial charge < -0.3 is 21.1 Å². The SMILES string of the molecule is C[C@@H](Nc1cncc(-c2c[nH]c3ncc(C(N)=O)cc23)c1)C(O)NCC(F)(F)F. The summed E-state index contributed by atoms with van der Waals surface area (Å²) in [6, 6.07) is 2.62. The topological polar surface area (TPSA) is 129 Å². The number of alkyl halides is 3. The first-order chi connectivity index (χ1) is 13.6. The standard InChI is InChI=1S/C18H19F3N6O2/c1-9(17(29)26-8-18(19,20)21)27-12-2-10(4-23-6-12)14-7-25-16-13(14)3-11(5-24-16)15(22)28/h2-7,9,17,26-27,29H,8H2,1H3,(H2,22,28)(H,24,25)/t9-,17?/m1/s1. The smallest absolute Gasteiger partial charge is 0.377 e. The van der Waals surface area contributed by atoms with Gasteiger partial charge in [0, 0.05) is 41.3 Å². The highest BCUT2D eigenvalue weighted by Gasteiger charge is 2.28. The Labute approximate surface area is 163 Å². The molecule has 3 heterocycles. The Bertz CT molecular complexity index is 1020. The van der Waals surface area contributed by atoms with Gasteiger partial charge in [-0.05, 0) is 19.1 Å². The third-order valence-electron chi connectivity index (χ3n) is 4.24. The highest BCUT2D eigenvalue weighted by atomic mass is 19.4. The van der Waals surface area contributed by atoms with Gasteiger partial charge in [-0.15, -0.1) is 0 Å². The van der Waals surface area contributed by atoms with E-state index in [-0.39, 0.29) is 5.56 Å². The lowest BCUT2D eigenvalue weighted by molar-refractivity contribution is -0.131. The lowest BCUT2D eigenvalue weighted by atomic mass is 10.1. The van der Waals surface area contributed by atoms with Crippen molar-refractivity contribution in [2.24, 2.45) is 5.73 Å². The number of hydrogen-bond donors (Lipinski definition) is 5. The number of anilines is 1. The quantitative estimate of drug-likeness (QED) is 0.380. The summed E-state index contributed by atoms with van der Waals surface area (Å²) in [5.41, 5.74) is 8.02. The summed E-state index contributed by atoms with van der Waals surface area (Å²) in [5.74, 6) is -0.603. The van der Waals surface area contributed by atoms with Gasteiger partial charge in [0.15, 0.2) is 0 Å². The van der Waals surface area contributed by atoms with Crippen LogP contribution in [0, 0.1) is 0 Å². The molecule has 3 aromatic rings. The number of aliphatic hydroxyl groups excluding tert-OH is 1. The molecule has 0 bridgehead atoms. The second-order valence-corrected chi connectivity index (χ2v) is 6.52. The number of hydrogen-bond acceptors (Lipinski definition) is 6. The molecule has 0 radical (unpaired) electrons. The van der Waals surface area contributed by atoms with Gasteiger partial charge in [0.2, 0.25) is 5.91 Å². The summed E-state index contributed by atoms with van der Waals surface area (Å²) in [5, 5.41) is 15.5. The van der Waals surface area contributed by atoms with Gasteiger partial charge in [0.05, 0.1) is 23.8 Å². The first-order valence-corrected chi connectivity index (χ1v) is 8.61. The predicted molar refractivity (Wildman–Crippen MR) is 101 cm³/mol. The molecule has 8 nitrogen and oxygen atoms in total. The summed E-state index contributed by atoms with van der Waals surface area (Å²) < 4.78 is 36.8. The second-order valence-electron chi connectivity index (χ2n) is 6.52. The number of carbonyl (C=O) groups is 1. The summed E-state index contributed by atoms with van der Waals surface area (Å²) in [7, 11) is 0. The minimum absolute atomic E-state index is 0.257. The van der Waals surface area contributed by atoms with Crippen LogP contribution in [0.15, 0.2) is 36.9 Å². The Morgan fingerprint density at radius 2 is 2.07 bits per heavy atom. The Morgan fingerprint density at radius 3 is 2.76 bits per heavy atom. The first kappa shape index (κ1) is 20.6. The molecule has 0 aliphatic carbocycles. The number of amides is 1. The molecule has 29 heavy (non-hydrogen) atoms. The first-order valence-electron chi connectivity index (χ1n) is 8.61. The fourth-order valence-electron chi connectivity index (χ4n) is 2.78. The summed E-state index contributed by atoms with van der Waals surface area (Å²) in [4.78, 5) is 22.7. The average molecular weight is 408 g/mol. The molecule has 0 saturated heterocycles. The molecule has 0 spiro atoms. The molecule has 0 aromatic carbocycles. The summed E-state index contributed by atoms with van der Waals surface area (Å²) in [6.07, 6.45) is 0.308. The molecule has 3 rings (SSSR count). The minimum Gasteiger partial charge on any atom is -0.377 e. The van der Waals surface area contributed by atoms with Crippen LogP contribution < -0.4 is 16.4 Å². The lowest BCUT2D eigenvalue weighted by Gasteiger charge is -2.23. The van der Waals surface area contributed by atoms with E-state index in [9.17, 15) is 23.1 Å². The Kier molecular flexibility index (Phi) is 5.71. The zero-order chi connectivity index (χ0) is 21.2. The van der Waals surface area contributed by atoms with Gasteiger partial charge in [-0.2, -0.15) is 13.2 Å². The van der Waals surface area contributed by atoms with Crippen molar-refractivity contribution >= 4 is 22.6 Å². The summed E-state index contributed by atoms with van der Waals surface area (Å²) in [6.45, 7) is 0.235. The highest BCUT2D eigenvalue weighted by Crippen LogP contribution is 2.29. The number of nitrogens with one attached hydrogen (secondary N) is 3. The van der Waals surface area contributed by atoms with E-state index in [4.69, 9.17) is 5.73 Å². The van der Waals surface area contributed by atoms with Crippen molar-refractivity contribution in [3.8, 4) is 11.1 Å². The number of aromatic nitrogens is 3. The average Bonchev–Trinajstić information content (AvgIpc) is 3.08. The van der Waals surface area contributed by atoms with E-state index in [0.29, 0.717) is 22.3 Å². The molecule has 3 aromatic heterocycles. The predicted octanol–water partition coefficient (Wildman–Crippen LogP) is 1.99. The number of carbonyl (C=O) groups excluding carboxylic acids is 1. The van der Waals surface area contributed by atoms with Gasteiger partial charge in [-0.25, -0.2) is 4.98 Å². The lowest BCUT2D eigenvalue weighted by Crippen LogP contribution is -2.45. The van der Waals surface area contributed by atoms with E-state index in [1.54, 1.807) is 24.5 Å². The van der Waals surface area contributed by atoms with E-state index in [2.05, 4.69) is 20.3 Å². The molecule has 6 N–H and O–H groups in total. The maximum Gasteiger partial charge on any atom is 0.401 e. The number of rotatable bonds is 7. The largest absolute Gasteiger partial charge is 0.401 e. The van der Waals surface area contributed by atoms with Crippen LogP contribution in [0.2, 0.25) is 0 Å². The number of H-pyrrole nitrogens is 1. The van der Waals surface area contributed by atoms with Crippen LogP contribution in [0.1, 0.15) is 17.3 Å². The molecule has 0 aliphatic rings. The van der Waals surface area contributed by atoms with Crippen molar-refractivity contribution in [2.45, 2.75) is 25.4 Å². The van der Waals surface area contributed by atoms with E-state index in [0.717, 1.165) is 5.56 Å². The molecule has 0 saturated carbocycles. The van der Waals surface area contributed by atoms with Crippen molar-refractivity contribution in [1.29, 1.82) is 0 Å². The maximum absolute atomic E-state index is 12.3. The maximum atomic E-state index is 12.3. The molecule has 11 heteroatoms. The third-order valence-corrected chi connectivity index (χ3v) is 4.24. The fraction of sp³-hybridized carbons (Fsp3) is 0.278. The Hall–Kier alpha value is -3.18. The van der Waals surface area contributed by atoms with Gasteiger partial charge in [0.25, 0.3) is 0 Å². The van der Waals surface area contributed by atoms with Crippen molar-refractivity contribution in [3.63, 3.8) is 0 Å². The van der Waals surface area contributed by atoms with E-state index >= 15 is 0 Å². The normalized spacial score (nSPS) is 14.0. The van der Waals surface area contributed by atoms with Gasteiger partial charge >= 0.3 is 6.18 Å². The number of pyridine rings is 2. The number of nitrogens with two attached hydrogens (primary N) is 1. The van der Waals surface area contributed by atoms with Crippen LogP contribution in [0.5, 0.6) is 0 Å². The van der Waals surface area contributed by atoms with Crippen LogP contribution in [0.3, 0.4) is 0 Å². The van der Waals surface area contributed by atoms with Gasteiger partial charge in [-0.1, -0.05) is 0 Å². The molecular weight excluding hydrogens is 389 g/mol. The van der Waals surface area contributed by atoms with Crippen molar-refractivity contribution in [2.75, 3.05) is 11.9 Å².